The maximum absolute atomic E-state index is 5.66. The van der Waals surface area contributed by atoms with Gasteiger partial charge in [0.05, 0.1) is 0 Å². The molecule has 1 saturated heterocycles. The van der Waals surface area contributed by atoms with Crippen molar-refractivity contribution in [2.75, 3.05) is 26.2 Å². The van der Waals surface area contributed by atoms with Gasteiger partial charge in [-0.05, 0) is 31.0 Å². The van der Waals surface area contributed by atoms with Crippen LogP contribution in [0.5, 0.6) is 5.75 Å². The molecular weight excluding hydrogens is 280 g/mol. The van der Waals surface area contributed by atoms with Crippen LogP contribution in [0.2, 0.25) is 0 Å². The Morgan fingerprint density at radius 2 is 2.06 bits per heavy atom. The van der Waals surface area contributed by atoms with E-state index in [9.17, 15) is 0 Å². The Bertz CT molecular complexity index is 340. The molecule has 0 aromatic heterocycles. The van der Waals surface area contributed by atoms with Crippen molar-refractivity contribution < 1.29 is 4.74 Å². The van der Waals surface area contributed by atoms with E-state index in [0.717, 1.165) is 29.9 Å². The minimum Gasteiger partial charge on any atom is -0.492 e. The highest BCUT2D eigenvalue weighted by Crippen LogP contribution is 2.17. The molecule has 0 atom stereocenters. The van der Waals surface area contributed by atoms with Crippen LogP contribution < -0.4 is 10.2 Å². The molecule has 94 valence electrons. The third-order valence-electron chi connectivity index (χ3n) is 2.86. The summed E-state index contributed by atoms with van der Waals surface area (Å²) < 4.78 is 6.71. The maximum atomic E-state index is 5.66. The SMILES string of the molecule is Brc1cccc(OCCNN2CCCCC2)c1. The number of rotatable bonds is 5. The molecule has 17 heavy (non-hydrogen) atoms. The smallest absolute Gasteiger partial charge is 0.120 e. The summed E-state index contributed by atoms with van der Waals surface area (Å²) >= 11 is 3.43. The van der Waals surface area contributed by atoms with E-state index in [-0.39, 0.29) is 0 Å². The lowest BCUT2D eigenvalue weighted by atomic mass is 10.2. The number of halogens is 1. The number of benzene rings is 1. The van der Waals surface area contributed by atoms with Gasteiger partial charge in [0.25, 0.3) is 0 Å². The number of nitrogens with zero attached hydrogens (tertiary/aromatic N) is 1. The largest absolute Gasteiger partial charge is 0.492 e. The first-order valence-corrected chi connectivity index (χ1v) is 7.01. The molecule has 1 aliphatic rings. The van der Waals surface area contributed by atoms with Crippen LogP contribution in [-0.2, 0) is 0 Å². The predicted molar refractivity (Wildman–Crippen MR) is 73.1 cm³/mol. The second kappa shape index (κ2) is 6.99. The van der Waals surface area contributed by atoms with Crippen molar-refractivity contribution in [1.82, 2.24) is 10.4 Å². The first-order valence-electron chi connectivity index (χ1n) is 6.21. The van der Waals surface area contributed by atoms with Gasteiger partial charge in [-0.2, -0.15) is 0 Å². The van der Waals surface area contributed by atoms with Crippen molar-refractivity contribution in [2.45, 2.75) is 19.3 Å². The first-order chi connectivity index (χ1) is 8.34. The van der Waals surface area contributed by atoms with Crippen LogP contribution in [0.4, 0.5) is 0 Å². The molecule has 0 bridgehead atoms. The summed E-state index contributed by atoms with van der Waals surface area (Å²) in [6, 6.07) is 7.95. The van der Waals surface area contributed by atoms with E-state index in [1.807, 2.05) is 24.3 Å². The zero-order valence-corrected chi connectivity index (χ0v) is 11.6. The first kappa shape index (κ1) is 12.9. The summed E-state index contributed by atoms with van der Waals surface area (Å²) in [4.78, 5) is 0. The van der Waals surface area contributed by atoms with Gasteiger partial charge in [-0.3, -0.25) is 5.43 Å². The molecule has 0 amide bonds. The average Bonchev–Trinajstić information content (AvgIpc) is 2.36. The lowest BCUT2D eigenvalue weighted by Gasteiger charge is -2.27. The zero-order chi connectivity index (χ0) is 11.9. The molecule has 1 aromatic carbocycles. The number of hydrogen-bond donors (Lipinski definition) is 1. The summed E-state index contributed by atoms with van der Waals surface area (Å²) in [5, 5.41) is 2.30. The van der Waals surface area contributed by atoms with Crippen molar-refractivity contribution in [3.63, 3.8) is 0 Å². The molecule has 1 N–H and O–H groups in total. The van der Waals surface area contributed by atoms with Gasteiger partial charge in [0.2, 0.25) is 0 Å². The lowest BCUT2D eigenvalue weighted by Crippen LogP contribution is -2.43. The molecule has 0 unspecified atom stereocenters. The number of nitrogens with one attached hydrogen (secondary N) is 1. The molecule has 1 heterocycles. The van der Waals surface area contributed by atoms with Gasteiger partial charge < -0.3 is 4.74 Å². The Morgan fingerprint density at radius 3 is 2.82 bits per heavy atom. The van der Waals surface area contributed by atoms with Crippen LogP contribution in [0.25, 0.3) is 0 Å². The average molecular weight is 299 g/mol. The van der Waals surface area contributed by atoms with Crippen molar-refractivity contribution >= 4 is 15.9 Å². The molecule has 3 nitrogen and oxygen atoms in total. The lowest BCUT2D eigenvalue weighted by molar-refractivity contribution is 0.141. The fourth-order valence-corrected chi connectivity index (χ4v) is 2.36. The quantitative estimate of drug-likeness (QED) is 0.846. The monoisotopic (exact) mass is 298 g/mol. The fourth-order valence-electron chi connectivity index (χ4n) is 1.98. The third-order valence-corrected chi connectivity index (χ3v) is 3.35. The van der Waals surface area contributed by atoms with Crippen molar-refractivity contribution in [2.24, 2.45) is 0 Å². The molecule has 1 aliphatic heterocycles. The fraction of sp³-hybridized carbons (Fsp3) is 0.538. The Morgan fingerprint density at radius 1 is 1.24 bits per heavy atom. The molecule has 0 saturated carbocycles. The zero-order valence-electron chi connectivity index (χ0n) is 9.99. The summed E-state index contributed by atoms with van der Waals surface area (Å²) in [6.45, 7) is 3.90. The highest BCUT2D eigenvalue weighted by Gasteiger charge is 2.08. The van der Waals surface area contributed by atoms with E-state index in [2.05, 4.69) is 26.4 Å². The predicted octanol–water partition coefficient (Wildman–Crippen LogP) is 2.82. The molecule has 4 heteroatoms. The van der Waals surface area contributed by atoms with E-state index in [1.165, 1.54) is 19.3 Å². The molecule has 0 radical (unpaired) electrons. The van der Waals surface area contributed by atoms with Crippen LogP contribution in [0.3, 0.4) is 0 Å². The number of ether oxygens (including phenoxy) is 1. The summed E-state index contributed by atoms with van der Waals surface area (Å²) in [7, 11) is 0. The Balaban J connectivity index is 1.62. The summed E-state index contributed by atoms with van der Waals surface area (Å²) in [5.74, 6) is 0.916. The molecule has 0 aliphatic carbocycles. The van der Waals surface area contributed by atoms with E-state index in [1.54, 1.807) is 0 Å². The van der Waals surface area contributed by atoms with Gasteiger partial charge in [0.15, 0.2) is 0 Å². The topological polar surface area (TPSA) is 24.5 Å². The van der Waals surface area contributed by atoms with Crippen LogP contribution in [0.15, 0.2) is 28.7 Å². The minimum atomic E-state index is 0.701. The van der Waals surface area contributed by atoms with Crippen LogP contribution in [0, 0.1) is 0 Å². The van der Waals surface area contributed by atoms with Gasteiger partial charge in [-0.15, -0.1) is 0 Å². The number of hydrazine groups is 1. The summed E-state index contributed by atoms with van der Waals surface area (Å²) in [6.07, 6.45) is 3.98. The van der Waals surface area contributed by atoms with Gasteiger partial charge in [0, 0.05) is 24.1 Å². The van der Waals surface area contributed by atoms with Gasteiger partial charge in [-0.25, -0.2) is 5.01 Å². The van der Waals surface area contributed by atoms with E-state index in [0.29, 0.717) is 6.61 Å². The van der Waals surface area contributed by atoms with E-state index < -0.39 is 0 Å². The molecular formula is C13H19BrN2O. The van der Waals surface area contributed by atoms with Gasteiger partial charge >= 0.3 is 0 Å². The van der Waals surface area contributed by atoms with Crippen LogP contribution in [0.1, 0.15) is 19.3 Å². The van der Waals surface area contributed by atoms with E-state index in [4.69, 9.17) is 4.74 Å². The third kappa shape index (κ3) is 4.66. The van der Waals surface area contributed by atoms with E-state index >= 15 is 0 Å². The second-order valence-corrected chi connectivity index (χ2v) is 5.18. The van der Waals surface area contributed by atoms with Crippen molar-refractivity contribution in [3.05, 3.63) is 28.7 Å². The summed E-state index contributed by atoms with van der Waals surface area (Å²) in [5.41, 5.74) is 3.40. The second-order valence-electron chi connectivity index (χ2n) is 4.26. The number of hydrogen-bond acceptors (Lipinski definition) is 3. The van der Waals surface area contributed by atoms with Crippen molar-refractivity contribution in [3.8, 4) is 5.75 Å². The molecule has 2 rings (SSSR count). The Hall–Kier alpha value is -0.580. The van der Waals surface area contributed by atoms with Crippen molar-refractivity contribution in [1.29, 1.82) is 0 Å². The Kier molecular flexibility index (Phi) is 5.29. The minimum absolute atomic E-state index is 0.701. The maximum Gasteiger partial charge on any atom is 0.120 e. The van der Waals surface area contributed by atoms with Gasteiger partial charge in [-0.1, -0.05) is 28.4 Å². The van der Waals surface area contributed by atoms with Crippen LogP contribution in [-0.4, -0.2) is 31.3 Å². The van der Waals surface area contributed by atoms with Crippen LogP contribution >= 0.6 is 15.9 Å². The number of piperidine rings is 1. The standard InChI is InChI=1S/C13H19BrN2O/c14-12-5-4-6-13(11-12)17-10-7-15-16-8-2-1-3-9-16/h4-6,11,15H,1-3,7-10H2. The Labute approximate surface area is 111 Å². The highest BCUT2D eigenvalue weighted by atomic mass is 79.9. The molecule has 1 fully saturated rings. The molecule has 1 aromatic rings. The highest BCUT2D eigenvalue weighted by molar-refractivity contribution is 9.10. The molecule has 0 spiro atoms. The normalized spacial score (nSPS) is 17.0. The van der Waals surface area contributed by atoms with Gasteiger partial charge in [0.1, 0.15) is 12.4 Å².